The first-order valence-electron chi connectivity index (χ1n) is 6.33. The van der Waals surface area contributed by atoms with Gasteiger partial charge in [-0.25, -0.2) is 4.79 Å². The molecule has 0 spiro atoms. The lowest BCUT2D eigenvalue weighted by Gasteiger charge is -2.17. The number of benzene rings is 2. The van der Waals surface area contributed by atoms with Gasteiger partial charge in [-0.05, 0) is 11.6 Å². The fourth-order valence-electron chi connectivity index (χ4n) is 2.35. The molecule has 2 amide bonds. The molecule has 2 aromatic carbocycles. The molecule has 1 heterocycles. The van der Waals surface area contributed by atoms with Crippen LogP contribution < -0.4 is 11.1 Å². The molecule has 3 rings (SSSR count). The summed E-state index contributed by atoms with van der Waals surface area (Å²) in [5.74, 6) is 0. The quantitative estimate of drug-likeness (QED) is 0.764. The van der Waals surface area contributed by atoms with Crippen LogP contribution in [0.15, 0.2) is 65.3 Å². The van der Waals surface area contributed by atoms with Crippen LogP contribution in [0.5, 0.6) is 0 Å². The van der Waals surface area contributed by atoms with Crippen molar-refractivity contribution in [2.45, 2.75) is 6.04 Å². The highest BCUT2D eigenvalue weighted by molar-refractivity contribution is 5.83. The molecule has 1 atom stereocenters. The number of fused-ring (bicyclic) bond motifs is 1. The molecule has 0 aliphatic heterocycles. The maximum Gasteiger partial charge on any atom is 0.312 e. The molecule has 3 N–H and O–H groups in total. The number of hydrogen-bond donors (Lipinski definition) is 2. The number of furan rings is 1. The molecule has 0 fully saturated rings. The van der Waals surface area contributed by atoms with E-state index in [1.807, 2.05) is 54.6 Å². The maximum atomic E-state index is 11.3. The molecule has 4 nitrogen and oxygen atoms in total. The Hall–Kier alpha value is -2.75. The second kappa shape index (κ2) is 5.09. The van der Waals surface area contributed by atoms with E-state index in [0.717, 1.165) is 22.1 Å². The van der Waals surface area contributed by atoms with Crippen LogP contribution in [-0.2, 0) is 0 Å². The molecule has 1 aromatic heterocycles. The Labute approximate surface area is 116 Å². The highest BCUT2D eigenvalue weighted by Gasteiger charge is 2.19. The number of urea groups is 1. The predicted octanol–water partition coefficient (Wildman–Crippen LogP) is 3.19. The Kier molecular flexibility index (Phi) is 3.13. The molecule has 20 heavy (non-hydrogen) atoms. The maximum absolute atomic E-state index is 11.3. The van der Waals surface area contributed by atoms with E-state index in [1.165, 1.54) is 0 Å². The number of amides is 2. The lowest BCUT2D eigenvalue weighted by Crippen LogP contribution is -2.33. The predicted molar refractivity (Wildman–Crippen MR) is 77.2 cm³/mol. The topological polar surface area (TPSA) is 68.3 Å². The fraction of sp³-hybridized carbons (Fsp3) is 0.0625. The second-order valence-electron chi connectivity index (χ2n) is 4.54. The van der Waals surface area contributed by atoms with Crippen molar-refractivity contribution in [2.24, 2.45) is 5.73 Å². The second-order valence-corrected chi connectivity index (χ2v) is 4.54. The van der Waals surface area contributed by atoms with Crippen molar-refractivity contribution in [1.29, 1.82) is 0 Å². The molecule has 0 saturated carbocycles. The van der Waals surface area contributed by atoms with Crippen molar-refractivity contribution in [3.05, 3.63) is 72.0 Å². The minimum absolute atomic E-state index is 0.322. The van der Waals surface area contributed by atoms with E-state index in [1.54, 1.807) is 6.26 Å². The van der Waals surface area contributed by atoms with E-state index >= 15 is 0 Å². The summed E-state index contributed by atoms with van der Waals surface area (Å²) in [6.07, 6.45) is 1.66. The Morgan fingerprint density at radius 3 is 2.50 bits per heavy atom. The van der Waals surface area contributed by atoms with Gasteiger partial charge >= 0.3 is 6.03 Å². The minimum atomic E-state index is -0.566. The first-order chi connectivity index (χ1) is 9.75. The molecular formula is C16H14N2O2. The molecule has 0 radical (unpaired) electrons. The molecular weight excluding hydrogens is 252 g/mol. The Bertz CT molecular complexity index is 734. The van der Waals surface area contributed by atoms with Crippen LogP contribution in [0.2, 0.25) is 0 Å². The fourth-order valence-corrected chi connectivity index (χ4v) is 2.35. The zero-order valence-corrected chi connectivity index (χ0v) is 10.7. The normalized spacial score (nSPS) is 12.2. The van der Waals surface area contributed by atoms with Gasteiger partial charge in [0.15, 0.2) is 0 Å². The Morgan fingerprint density at radius 2 is 1.75 bits per heavy atom. The van der Waals surface area contributed by atoms with Gasteiger partial charge in [-0.3, -0.25) is 0 Å². The van der Waals surface area contributed by atoms with Crippen LogP contribution in [0.4, 0.5) is 4.79 Å². The number of carbonyl (C=O) groups excluding carboxylic acids is 1. The van der Waals surface area contributed by atoms with Gasteiger partial charge in [-0.2, -0.15) is 0 Å². The summed E-state index contributed by atoms with van der Waals surface area (Å²) in [5, 5.41) is 3.74. The van der Waals surface area contributed by atoms with Crippen LogP contribution in [0, 0.1) is 0 Å². The van der Waals surface area contributed by atoms with Crippen LogP contribution in [-0.4, -0.2) is 6.03 Å². The largest absolute Gasteiger partial charge is 0.464 e. The number of carbonyl (C=O) groups is 1. The average Bonchev–Trinajstić information content (AvgIpc) is 2.89. The number of primary amides is 1. The summed E-state index contributed by atoms with van der Waals surface area (Å²) < 4.78 is 5.54. The van der Waals surface area contributed by atoms with Gasteiger partial charge in [0.1, 0.15) is 5.58 Å². The van der Waals surface area contributed by atoms with Crippen molar-refractivity contribution in [1.82, 2.24) is 5.32 Å². The lowest BCUT2D eigenvalue weighted by molar-refractivity contribution is 0.247. The first kappa shape index (κ1) is 12.3. The van der Waals surface area contributed by atoms with Gasteiger partial charge in [0.2, 0.25) is 0 Å². The molecule has 100 valence electrons. The SMILES string of the molecule is NC(=O)N[C@H](c1ccccc1)c1coc2ccccc12. The molecule has 0 saturated heterocycles. The molecule has 0 bridgehead atoms. The van der Waals surface area contributed by atoms with Crippen LogP contribution in [0.3, 0.4) is 0 Å². The smallest absolute Gasteiger partial charge is 0.312 e. The summed E-state index contributed by atoms with van der Waals surface area (Å²) in [6, 6.07) is 16.5. The van der Waals surface area contributed by atoms with Crippen molar-refractivity contribution in [3.8, 4) is 0 Å². The number of nitrogens with two attached hydrogens (primary N) is 1. The zero-order valence-electron chi connectivity index (χ0n) is 10.7. The number of rotatable bonds is 3. The number of hydrogen-bond acceptors (Lipinski definition) is 2. The Morgan fingerprint density at radius 1 is 1.05 bits per heavy atom. The molecule has 0 aliphatic rings. The van der Waals surface area contributed by atoms with Crippen LogP contribution in [0.25, 0.3) is 11.0 Å². The molecule has 3 aromatic rings. The monoisotopic (exact) mass is 266 g/mol. The summed E-state index contributed by atoms with van der Waals surface area (Å²) >= 11 is 0. The summed E-state index contributed by atoms with van der Waals surface area (Å²) in [7, 11) is 0. The van der Waals surface area contributed by atoms with E-state index < -0.39 is 6.03 Å². The summed E-state index contributed by atoms with van der Waals surface area (Å²) in [6.45, 7) is 0. The van der Waals surface area contributed by atoms with E-state index in [2.05, 4.69) is 5.32 Å². The molecule has 0 aliphatic carbocycles. The third kappa shape index (κ3) is 2.23. The Balaban J connectivity index is 2.12. The van der Waals surface area contributed by atoms with Gasteiger partial charge in [-0.15, -0.1) is 0 Å². The van der Waals surface area contributed by atoms with E-state index in [4.69, 9.17) is 10.2 Å². The third-order valence-electron chi connectivity index (χ3n) is 3.24. The third-order valence-corrected chi connectivity index (χ3v) is 3.24. The van der Waals surface area contributed by atoms with Crippen LogP contribution >= 0.6 is 0 Å². The lowest BCUT2D eigenvalue weighted by atomic mass is 9.98. The van der Waals surface area contributed by atoms with Gasteiger partial charge in [-0.1, -0.05) is 48.5 Å². The highest BCUT2D eigenvalue weighted by Crippen LogP contribution is 2.30. The van der Waals surface area contributed by atoms with Crippen molar-refractivity contribution in [3.63, 3.8) is 0 Å². The van der Waals surface area contributed by atoms with Gasteiger partial charge in [0.25, 0.3) is 0 Å². The van der Waals surface area contributed by atoms with E-state index in [-0.39, 0.29) is 6.04 Å². The first-order valence-corrected chi connectivity index (χ1v) is 6.33. The molecule has 0 unspecified atom stereocenters. The standard InChI is InChI=1S/C16H14N2O2/c17-16(19)18-15(11-6-2-1-3-7-11)13-10-20-14-9-5-4-8-12(13)14/h1-10,15H,(H3,17,18,19)/t15-/m1/s1. The van der Waals surface area contributed by atoms with E-state index in [9.17, 15) is 4.79 Å². The van der Waals surface area contributed by atoms with Crippen molar-refractivity contribution in [2.75, 3.05) is 0 Å². The van der Waals surface area contributed by atoms with Crippen molar-refractivity contribution >= 4 is 17.0 Å². The zero-order chi connectivity index (χ0) is 13.9. The number of para-hydroxylation sites is 1. The van der Waals surface area contributed by atoms with Gasteiger partial charge in [0, 0.05) is 10.9 Å². The number of nitrogens with one attached hydrogen (secondary N) is 1. The van der Waals surface area contributed by atoms with E-state index in [0.29, 0.717) is 0 Å². The molecule has 4 heteroatoms. The van der Waals surface area contributed by atoms with Gasteiger partial charge < -0.3 is 15.5 Å². The van der Waals surface area contributed by atoms with Crippen molar-refractivity contribution < 1.29 is 9.21 Å². The average molecular weight is 266 g/mol. The van der Waals surface area contributed by atoms with Gasteiger partial charge in [0.05, 0.1) is 12.3 Å². The van der Waals surface area contributed by atoms with Crippen LogP contribution in [0.1, 0.15) is 17.2 Å². The minimum Gasteiger partial charge on any atom is -0.464 e. The highest BCUT2D eigenvalue weighted by atomic mass is 16.3. The summed E-state index contributed by atoms with van der Waals surface area (Å²) in [5.41, 5.74) is 7.94. The summed E-state index contributed by atoms with van der Waals surface area (Å²) in [4.78, 5) is 11.3.